The topological polar surface area (TPSA) is 100 Å². The SMILES string of the molecule is CCSCCOC(=O)C1=C(C)NC2=C(C(=O)[C@@H](C(=O)OC)[C@H](C)C2)[C@@H]1c1cccc(OC)c1OC. The van der Waals surface area contributed by atoms with E-state index in [2.05, 4.69) is 5.32 Å². The highest BCUT2D eigenvalue weighted by Gasteiger charge is 2.48. The molecule has 9 heteroatoms. The second-order valence-electron chi connectivity index (χ2n) is 8.45. The summed E-state index contributed by atoms with van der Waals surface area (Å²) in [6, 6.07) is 5.33. The summed E-state index contributed by atoms with van der Waals surface area (Å²) >= 11 is 1.67. The first-order chi connectivity index (χ1) is 16.8. The fraction of sp³-hybridized carbons (Fsp3) is 0.500. The number of esters is 2. The quantitative estimate of drug-likeness (QED) is 0.308. The van der Waals surface area contributed by atoms with Crippen LogP contribution in [0.15, 0.2) is 40.7 Å². The smallest absolute Gasteiger partial charge is 0.336 e. The van der Waals surface area contributed by atoms with Gasteiger partial charge in [0.15, 0.2) is 17.3 Å². The maximum Gasteiger partial charge on any atom is 0.336 e. The highest BCUT2D eigenvalue weighted by molar-refractivity contribution is 7.99. The first-order valence-corrected chi connectivity index (χ1v) is 12.7. The molecule has 1 heterocycles. The number of thioether (sulfide) groups is 1. The Labute approximate surface area is 210 Å². The van der Waals surface area contributed by atoms with Crippen LogP contribution in [-0.4, -0.2) is 57.2 Å². The summed E-state index contributed by atoms with van der Waals surface area (Å²) in [7, 11) is 4.31. The summed E-state index contributed by atoms with van der Waals surface area (Å²) in [4.78, 5) is 39.8. The van der Waals surface area contributed by atoms with Crippen molar-refractivity contribution in [3.63, 3.8) is 0 Å². The standard InChI is InChI=1S/C26H33NO7S/c1-7-35-12-11-34-26(30)20-15(3)27-17-13-14(2)19(25(29)33-6)23(28)22(17)21(20)16-9-8-10-18(31-4)24(16)32-5/h8-10,14,19,21,27H,7,11-13H2,1-6H3/t14-,19+,21-/m1/s1. The van der Waals surface area contributed by atoms with Gasteiger partial charge in [-0.3, -0.25) is 9.59 Å². The van der Waals surface area contributed by atoms with E-state index in [0.29, 0.717) is 51.8 Å². The Morgan fingerprint density at radius 2 is 1.91 bits per heavy atom. The van der Waals surface area contributed by atoms with Crippen LogP contribution in [0.4, 0.5) is 0 Å². The first-order valence-electron chi connectivity index (χ1n) is 11.6. The van der Waals surface area contributed by atoms with Gasteiger partial charge in [0.25, 0.3) is 0 Å². The molecular weight excluding hydrogens is 470 g/mol. The summed E-state index contributed by atoms with van der Waals surface area (Å²) < 4.78 is 21.7. The van der Waals surface area contributed by atoms with Gasteiger partial charge in [0.05, 0.1) is 32.8 Å². The molecule has 0 saturated heterocycles. The third-order valence-corrected chi connectivity index (χ3v) is 7.24. The van der Waals surface area contributed by atoms with Crippen molar-refractivity contribution in [1.82, 2.24) is 5.32 Å². The third kappa shape index (κ3) is 5.19. The van der Waals surface area contributed by atoms with Gasteiger partial charge in [-0.25, -0.2) is 4.79 Å². The molecule has 1 aliphatic carbocycles. The molecule has 0 radical (unpaired) electrons. The normalized spacial score (nSPS) is 21.8. The summed E-state index contributed by atoms with van der Waals surface area (Å²) in [6.45, 7) is 5.93. The van der Waals surface area contributed by atoms with Crippen molar-refractivity contribution in [2.75, 3.05) is 39.4 Å². The van der Waals surface area contributed by atoms with Crippen molar-refractivity contribution in [3.05, 3.63) is 46.3 Å². The molecule has 1 aromatic carbocycles. The van der Waals surface area contributed by atoms with E-state index in [1.54, 1.807) is 36.9 Å². The van der Waals surface area contributed by atoms with Crippen LogP contribution in [0.3, 0.4) is 0 Å². The Kier molecular flexibility index (Phi) is 8.88. The number of para-hydroxylation sites is 1. The van der Waals surface area contributed by atoms with E-state index in [1.807, 2.05) is 13.8 Å². The molecule has 3 rings (SSSR count). The van der Waals surface area contributed by atoms with Gasteiger partial charge in [-0.2, -0.15) is 11.8 Å². The van der Waals surface area contributed by atoms with Crippen LogP contribution < -0.4 is 14.8 Å². The molecule has 8 nitrogen and oxygen atoms in total. The van der Waals surface area contributed by atoms with Gasteiger partial charge in [0, 0.05) is 28.3 Å². The average Bonchev–Trinajstić information content (AvgIpc) is 2.84. The lowest BCUT2D eigenvalue weighted by Crippen LogP contribution is -2.43. The number of nitrogens with one attached hydrogen (secondary N) is 1. The number of carbonyl (C=O) groups is 3. The summed E-state index contributed by atoms with van der Waals surface area (Å²) in [5.74, 6) is -1.02. The lowest BCUT2D eigenvalue weighted by atomic mass is 9.69. The predicted octanol–water partition coefficient (Wildman–Crippen LogP) is 3.61. The molecule has 1 N–H and O–H groups in total. The van der Waals surface area contributed by atoms with E-state index in [1.165, 1.54) is 21.3 Å². The number of methoxy groups -OCH3 is 3. The second-order valence-corrected chi connectivity index (χ2v) is 9.84. The molecule has 0 aromatic heterocycles. The zero-order valence-corrected chi connectivity index (χ0v) is 21.9. The molecule has 1 aliphatic heterocycles. The van der Waals surface area contributed by atoms with Crippen LogP contribution in [0, 0.1) is 11.8 Å². The molecular formula is C26H33NO7S. The number of carbonyl (C=O) groups excluding carboxylic acids is 3. The van der Waals surface area contributed by atoms with E-state index in [-0.39, 0.29) is 18.3 Å². The van der Waals surface area contributed by atoms with Gasteiger partial charge < -0.3 is 24.3 Å². The number of hydrogen-bond donors (Lipinski definition) is 1. The molecule has 0 spiro atoms. The second kappa shape index (κ2) is 11.7. The number of ketones is 1. The highest BCUT2D eigenvalue weighted by Crippen LogP contribution is 2.49. The molecule has 0 fully saturated rings. The number of benzene rings is 1. The lowest BCUT2D eigenvalue weighted by Gasteiger charge is -2.38. The number of hydrogen-bond acceptors (Lipinski definition) is 9. The Morgan fingerprint density at radius 1 is 1.17 bits per heavy atom. The Balaban J connectivity index is 2.18. The van der Waals surface area contributed by atoms with Crippen LogP contribution >= 0.6 is 11.8 Å². The average molecular weight is 504 g/mol. The molecule has 0 amide bonds. The molecule has 2 aliphatic rings. The zero-order chi connectivity index (χ0) is 25.7. The van der Waals surface area contributed by atoms with E-state index in [0.717, 1.165) is 5.75 Å². The maximum absolute atomic E-state index is 13.8. The first kappa shape index (κ1) is 26.7. The number of allylic oxidation sites excluding steroid dienone is 3. The van der Waals surface area contributed by atoms with Crippen molar-refractivity contribution in [1.29, 1.82) is 0 Å². The Hall–Kier alpha value is -2.94. The van der Waals surface area contributed by atoms with Crippen LogP contribution in [0.1, 0.15) is 38.7 Å². The van der Waals surface area contributed by atoms with E-state index in [9.17, 15) is 14.4 Å². The van der Waals surface area contributed by atoms with Gasteiger partial charge in [-0.05, 0) is 31.1 Å². The summed E-state index contributed by atoms with van der Waals surface area (Å²) in [6.07, 6.45) is 0.455. The monoisotopic (exact) mass is 503 g/mol. The predicted molar refractivity (Wildman–Crippen MR) is 133 cm³/mol. The van der Waals surface area contributed by atoms with Crippen molar-refractivity contribution in [3.8, 4) is 11.5 Å². The van der Waals surface area contributed by atoms with Gasteiger partial charge in [-0.15, -0.1) is 0 Å². The van der Waals surface area contributed by atoms with Crippen LogP contribution in [0.5, 0.6) is 11.5 Å². The van der Waals surface area contributed by atoms with Gasteiger partial charge in [0.2, 0.25) is 0 Å². The molecule has 0 bridgehead atoms. The Morgan fingerprint density at radius 3 is 2.54 bits per heavy atom. The summed E-state index contributed by atoms with van der Waals surface area (Å²) in [5.41, 5.74) is 2.53. The minimum atomic E-state index is -0.962. The molecule has 3 atom stereocenters. The highest BCUT2D eigenvalue weighted by atomic mass is 32.2. The fourth-order valence-corrected chi connectivity index (χ4v) is 5.31. The van der Waals surface area contributed by atoms with Crippen molar-refractivity contribution >= 4 is 29.5 Å². The largest absolute Gasteiger partial charge is 0.493 e. The van der Waals surface area contributed by atoms with Crippen LogP contribution in [0.25, 0.3) is 0 Å². The van der Waals surface area contributed by atoms with Crippen molar-refractivity contribution in [2.45, 2.75) is 33.1 Å². The molecule has 0 unspecified atom stereocenters. The molecule has 190 valence electrons. The Bertz CT molecular complexity index is 1060. The van der Waals surface area contributed by atoms with Gasteiger partial charge in [0.1, 0.15) is 12.5 Å². The van der Waals surface area contributed by atoms with E-state index < -0.39 is 23.8 Å². The number of ether oxygens (including phenoxy) is 4. The van der Waals surface area contributed by atoms with E-state index in [4.69, 9.17) is 18.9 Å². The van der Waals surface area contributed by atoms with Crippen LogP contribution in [-0.2, 0) is 23.9 Å². The summed E-state index contributed by atoms with van der Waals surface area (Å²) in [5, 5.41) is 3.26. The van der Waals surface area contributed by atoms with Crippen molar-refractivity contribution in [2.24, 2.45) is 11.8 Å². The zero-order valence-electron chi connectivity index (χ0n) is 21.1. The van der Waals surface area contributed by atoms with E-state index >= 15 is 0 Å². The molecule has 1 aromatic rings. The number of Topliss-reactive ketones (excluding diaryl/α,β-unsaturated/α-hetero) is 1. The third-order valence-electron chi connectivity index (χ3n) is 6.37. The number of dihydropyridines is 1. The van der Waals surface area contributed by atoms with Crippen LogP contribution in [0.2, 0.25) is 0 Å². The molecule has 35 heavy (non-hydrogen) atoms. The fourth-order valence-electron chi connectivity index (χ4n) is 4.82. The van der Waals surface area contributed by atoms with Gasteiger partial charge in [-0.1, -0.05) is 26.0 Å². The minimum Gasteiger partial charge on any atom is -0.493 e. The number of rotatable bonds is 9. The van der Waals surface area contributed by atoms with Crippen molar-refractivity contribution < 1.29 is 33.3 Å². The molecule has 0 saturated carbocycles. The minimum absolute atomic E-state index is 0.248. The van der Waals surface area contributed by atoms with Gasteiger partial charge >= 0.3 is 11.9 Å². The lowest BCUT2D eigenvalue weighted by molar-refractivity contribution is -0.151. The maximum atomic E-state index is 13.8.